The summed E-state index contributed by atoms with van der Waals surface area (Å²) in [4.78, 5) is 37.5. The normalized spacial score (nSPS) is 15.1. The van der Waals surface area contributed by atoms with E-state index in [0.717, 1.165) is 25.0 Å². The lowest BCUT2D eigenvalue weighted by Gasteiger charge is -2.12. The molecule has 1 aliphatic rings. The Hall–Kier alpha value is -3.91. The van der Waals surface area contributed by atoms with Crippen molar-refractivity contribution in [1.82, 2.24) is 9.88 Å². The number of anilines is 2. The quantitative estimate of drug-likeness (QED) is 0.517. The second-order valence-corrected chi connectivity index (χ2v) is 7.84. The lowest BCUT2D eigenvalue weighted by molar-refractivity contribution is 0.102. The maximum Gasteiger partial charge on any atom is 0.319 e. The van der Waals surface area contributed by atoms with E-state index in [1.54, 1.807) is 36.5 Å². The summed E-state index contributed by atoms with van der Waals surface area (Å²) in [5.41, 5.74) is 1.77. The number of pyridine rings is 1. The summed E-state index contributed by atoms with van der Waals surface area (Å²) in [6.07, 6.45) is 3.71. The first kappa shape index (κ1) is 22.3. The summed E-state index contributed by atoms with van der Waals surface area (Å²) in [5.74, 6) is -0.488. The van der Waals surface area contributed by atoms with Crippen molar-refractivity contribution in [1.29, 1.82) is 0 Å². The van der Waals surface area contributed by atoms with E-state index in [-0.39, 0.29) is 23.3 Å². The molecule has 1 aliphatic heterocycles. The lowest BCUT2D eigenvalue weighted by atomic mass is 10.2. The minimum Gasteiger partial charge on any atom is -0.376 e. The average Bonchev–Trinajstić information content (AvgIpc) is 3.35. The third-order valence-corrected chi connectivity index (χ3v) is 5.38. The van der Waals surface area contributed by atoms with Gasteiger partial charge in [0.1, 0.15) is 5.56 Å². The van der Waals surface area contributed by atoms with Crippen LogP contribution >= 0.6 is 0 Å². The van der Waals surface area contributed by atoms with Gasteiger partial charge in [0.15, 0.2) is 0 Å². The molecule has 1 fully saturated rings. The number of rotatable bonds is 7. The third-order valence-electron chi connectivity index (χ3n) is 5.38. The van der Waals surface area contributed by atoms with Gasteiger partial charge in [0.05, 0.1) is 12.6 Å². The Kier molecular flexibility index (Phi) is 7.16. The summed E-state index contributed by atoms with van der Waals surface area (Å²) in [6, 6.07) is 19.1. The van der Waals surface area contributed by atoms with E-state index in [0.29, 0.717) is 24.5 Å². The van der Waals surface area contributed by atoms with Crippen molar-refractivity contribution in [2.45, 2.75) is 25.5 Å². The van der Waals surface area contributed by atoms with E-state index >= 15 is 0 Å². The molecule has 0 saturated carbocycles. The minimum atomic E-state index is -0.488. The van der Waals surface area contributed by atoms with Crippen molar-refractivity contribution in [2.75, 3.05) is 23.8 Å². The fourth-order valence-corrected chi connectivity index (χ4v) is 3.64. The molecule has 3 amide bonds. The summed E-state index contributed by atoms with van der Waals surface area (Å²) >= 11 is 0. The molecule has 1 unspecified atom stereocenters. The molecule has 2 heterocycles. The van der Waals surface area contributed by atoms with E-state index in [1.807, 2.05) is 30.3 Å². The number of urea groups is 1. The van der Waals surface area contributed by atoms with Gasteiger partial charge in [-0.25, -0.2) is 4.79 Å². The fraction of sp³-hybridized carbons (Fsp3) is 0.240. The highest BCUT2D eigenvalue weighted by atomic mass is 16.5. The van der Waals surface area contributed by atoms with Gasteiger partial charge in [0, 0.05) is 30.7 Å². The van der Waals surface area contributed by atoms with Crippen molar-refractivity contribution in [3.8, 4) is 0 Å². The largest absolute Gasteiger partial charge is 0.376 e. The number of amides is 3. The standard InChI is InChI=1S/C25H26N4O4/c30-23(22-9-4-14-29(24(22)31)17-18-6-2-1-3-7-18)27-19-10-12-20(13-11-19)28-25(32)26-16-21-8-5-15-33-21/h1-4,6-7,9-14,21H,5,8,15-17H2,(H,27,30)(H2,26,28,32). The monoisotopic (exact) mass is 446 g/mol. The van der Waals surface area contributed by atoms with Crippen molar-refractivity contribution in [3.05, 3.63) is 94.4 Å². The first-order valence-corrected chi connectivity index (χ1v) is 10.9. The molecule has 1 atom stereocenters. The first-order valence-electron chi connectivity index (χ1n) is 10.9. The molecule has 8 nitrogen and oxygen atoms in total. The fourth-order valence-electron chi connectivity index (χ4n) is 3.64. The number of aromatic nitrogens is 1. The number of benzene rings is 2. The average molecular weight is 447 g/mol. The zero-order valence-corrected chi connectivity index (χ0v) is 18.1. The molecule has 0 spiro atoms. The smallest absolute Gasteiger partial charge is 0.319 e. The Balaban J connectivity index is 1.34. The number of hydrogen-bond acceptors (Lipinski definition) is 4. The molecule has 0 bridgehead atoms. The predicted octanol–water partition coefficient (Wildman–Crippen LogP) is 3.45. The van der Waals surface area contributed by atoms with E-state index in [2.05, 4.69) is 16.0 Å². The van der Waals surface area contributed by atoms with Crippen LogP contribution < -0.4 is 21.5 Å². The molecule has 8 heteroatoms. The maximum atomic E-state index is 12.8. The highest BCUT2D eigenvalue weighted by molar-refractivity contribution is 6.04. The van der Waals surface area contributed by atoms with E-state index in [9.17, 15) is 14.4 Å². The van der Waals surface area contributed by atoms with Crippen LogP contribution in [-0.2, 0) is 11.3 Å². The van der Waals surface area contributed by atoms with Crippen LogP contribution in [0.4, 0.5) is 16.2 Å². The summed E-state index contributed by atoms with van der Waals surface area (Å²) in [5, 5.41) is 8.27. The van der Waals surface area contributed by atoms with Gasteiger partial charge in [0.25, 0.3) is 11.5 Å². The maximum absolute atomic E-state index is 12.8. The first-order chi connectivity index (χ1) is 16.1. The summed E-state index contributed by atoms with van der Waals surface area (Å²) in [6.45, 7) is 1.60. The topological polar surface area (TPSA) is 101 Å². The highest BCUT2D eigenvalue weighted by Crippen LogP contribution is 2.15. The van der Waals surface area contributed by atoms with Crippen LogP contribution in [0.3, 0.4) is 0 Å². The van der Waals surface area contributed by atoms with Gasteiger partial charge in [-0.15, -0.1) is 0 Å². The molecule has 3 aromatic rings. The summed E-state index contributed by atoms with van der Waals surface area (Å²) < 4.78 is 6.99. The van der Waals surface area contributed by atoms with Crippen LogP contribution in [-0.4, -0.2) is 35.8 Å². The van der Waals surface area contributed by atoms with Crippen LogP contribution in [0.25, 0.3) is 0 Å². The van der Waals surface area contributed by atoms with Crippen LogP contribution in [0.15, 0.2) is 77.7 Å². The van der Waals surface area contributed by atoms with E-state index in [1.165, 1.54) is 10.6 Å². The van der Waals surface area contributed by atoms with E-state index < -0.39 is 5.91 Å². The van der Waals surface area contributed by atoms with Gasteiger partial charge in [-0.1, -0.05) is 30.3 Å². The Labute approximate surface area is 191 Å². The molecule has 1 aromatic heterocycles. The van der Waals surface area contributed by atoms with Gasteiger partial charge in [0.2, 0.25) is 0 Å². The number of carbonyl (C=O) groups excluding carboxylic acids is 2. The minimum absolute atomic E-state index is 0.0594. The molecule has 33 heavy (non-hydrogen) atoms. The Morgan fingerprint density at radius 3 is 2.36 bits per heavy atom. The van der Waals surface area contributed by atoms with Crippen molar-refractivity contribution >= 4 is 23.3 Å². The second kappa shape index (κ2) is 10.6. The molecule has 1 saturated heterocycles. The molecule has 170 valence electrons. The lowest BCUT2D eigenvalue weighted by Crippen LogP contribution is -2.35. The van der Waals surface area contributed by atoms with Crippen molar-refractivity contribution in [2.24, 2.45) is 0 Å². The SMILES string of the molecule is O=C(NCC1CCCO1)Nc1ccc(NC(=O)c2cccn(Cc3ccccc3)c2=O)cc1. The molecule has 2 aromatic carbocycles. The van der Waals surface area contributed by atoms with Crippen molar-refractivity contribution in [3.63, 3.8) is 0 Å². The van der Waals surface area contributed by atoms with Crippen LogP contribution in [0.5, 0.6) is 0 Å². The number of ether oxygens (including phenoxy) is 1. The van der Waals surface area contributed by atoms with Gasteiger partial charge >= 0.3 is 6.03 Å². The van der Waals surface area contributed by atoms with Gasteiger partial charge in [-0.3, -0.25) is 9.59 Å². The van der Waals surface area contributed by atoms with Gasteiger partial charge in [-0.2, -0.15) is 0 Å². The van der Waals surface area contributed by atoms with Crippen LogP contribution in [0, 0.1) is 0 Å². The Bertz CT molecular complexity index is 1150. The van der Waals surface area contributed by atoms with Gasteiger partial charge in [-0.05, 0) is 54.8 Å². The Morgan fingerprint density at radius 2 is 1.67 bits per heavy atom. The summed E-state index contributed by atoms with van der Waals surface area (Å²) in [7, 11) is 0. The molecular weight excluding hydrogens is 420 g/mol. The highest BCUT2D eigenvalue weighted by Gasteiger charge is 2.16. The van der Waals surface area contributed by atoms with Crippen molar-refractivity contribution < 1.29 is 14.3 Å². The molecule has 0 aliphatic carbocycles. The zero-order valence-electron chi connectivity index (χ0n) is 18.1. The molecule has 4 rings (SSSR count). The van der Waals surface area contributed by atoms with E-state index in [4.69, 9.17) is 4.74 Å². The second-order valence-electron chi connectivity index (χ2n) is 7.84. The number of hydrogen-bond donors (Lipinski definition) is 3. The third kappa shape index (κ3) is 6.08. The predicted molar refractivity (Wildman–Crippen MR) is 127 cm³/mol. The number of nitrogens with zero attached hydrogens (tertiary/aromatic N) is 1. The molecule has 3 N–H and O–H groups in total. The molecular formula is C25H26N4O4. The zero-order chi connectivity index (χ0) is 23.0. The van der Waals surface area contributed by atoms with Gasteiger partial charge < -0.3 is 25.3 Å². The van der Waals surface area contributed by atoms with Crippen LogP contribution in [0.1, 0.15) is 28.8 Å². The number of nitrogens with one attached hydrogen (secondary N) is 3. The Morgan fingerprint density at radius 1 is 0.939 bits per heavy atom. The number of carbonyl (C=O) groups is 2. The van der Waals surface area contributed by atoms with Crippen LogP contribution in [0.2, 0.25) is 0 Å². The molecule has 0 radical (unpaired) electrons.